The van der Waals surface area contributed by atoms with Crippen LogP contribution in [0.4, 0.5) is 13.2 Å². The Kier molecular flexibility index (Phi) is 5.65. The van der Waals surface area contributed by atoms with Crippen LogP contribution in [0, 0.1) is 0 Å². The Morgan fingerprint density at radius 2 is 1.21 bits per heavy atom. The van der Waals surface area contributed by atoms with Gasteiger partial charge in [0.1, 0.15) is 0 Å². The zero-order valence-corrected chi connectivity index (χ0v) is 17.6. The van der Waals surface area contributed by atoms with Crippen LogP contribution in [0.5, 0.6) is 5.75 Å². The molecule has 0 bridgehead atoms. The van der Waals surface area contributed by atoms with Gasteiger partial charge in [-0.05, 0) is 33.6 Å². The summed E-state index contributed by atoms with van der Waals surface area (Å²) in [5.41, 5.74) is -3.43. The highest BCUT2D eigenvalue weighted by Gasteiger charge is 2.49. The second kappa shape index (κ2) is 7.10. The largest absolute Gasteiger partial charge is 0.534 e. The molecule has 0 amide bonds. The van der Waals surface area contributed by atoms with Gasteiger partial charge >= 0.3 is 15.6 Å². The van der Waals surface area contributed by atoms with Gasteiger partial charge in [0.05, 0.1) is 0 Å². The highest BCUT2D eigenvalue weighted by Crippen LogP contribution is 2.38. The average molecular weight is 414 g/mol. The van der Waals surface area contributed by atoms with Crippen molar-refractivity contribution in [3.8, 4) is 16.9 Å². The van der Waals surface area contributed by atoms with Gasteiger partial charge in [0, 0.05) is 5.56 Å². The van der Waals surface area contributed by atoms with E-state index in [-0.39, 0.29) is 16.7 Å². The Morgan fingerprint density at radius 1 is 0.750 bits per heavy atom. The highest BCUT2D eigenvalue weighted by molar-refractivity contribution is 7.88. The number of hydrogen-bond donors (Lipinski definition) is 0. The van der Waals surface area contributed by atoms with Crippen LogP contribution in [0.1, 0.15) is 52.7 Å². The summed E-state index contributed by atoms with van der Waals surface area (Å²) < 4.78 is 66.3. The predicted molar refractivity (Wildman–Crippen MR) is 105 cm³/mol. The Bertz CT molecular complexity index is 946. The molecule has 28 heavy (non-hydrogen) atoms. The SMILES string of the molecule is CC(C)(C)c1ccc(-c2ccc(C(C)(C)C)cc2OS(=O)(=O)C(F)(F)F)cc1. The van der Waals surface area contributed by atoms with E-state index in [0.29, 0.717) is 11.1 Å². The van der Waals surface area contributed by atoms with Crippen molar-refractivity contribution < 1.29 is 25.8 Å². The first kappa shape index (κ1) is 22.3. The molecule has 0 N–H and O–H groups in total. The molecular formula is C21H25F3O3S. The van der Waals surface area contributed by atoms with Gasteiger partial charge in [-0.15, -0.1) is 0 Å². The molecule has 0 aliphatic rings. The van der Waals surface area contributed by atoms with E-state index in [9.17, 15) is 21.6 Å². The van der Waals surface area contributed by atoms with Crippen molar-refractivity contribution >= 4 is 10.1 Å². The lowest BCUT2D eigenvalue weighted by atomic mass is 9.84. The number of halogens is 3. The van der Waals surface area contributed by atoms with Crippen molar-refractivity contribution in [3.05, 3.63) is 53.6 Å². The summed E-state index contributed by atoms with van der Waals surface area (Å²) in [6.07, 6.45) is 0. The van der Waals surface area contributed by atoms with Gasteiger partial charge in [0.15, 0.2) is 5.75 Å². The zero-order valence-electron chi connectivity index (χ0n) is 16.8. The van der Waals surface area contributed by atoms with Crippen molar-refractivity contribution in [3.63, 3.8) is 0 Å². The maximum atomic E-state index is 12.9. The molecule has 0 saturated carbocycles. The average Bonchev–Trinajstić information content (AvgIpc) is 2.52. The molecule has 2 aromatic carbocycles. The summed E-state index contributed by atoms with van der Waals surface area (Å²) in [5.74, 6) is -0.340. The molecule has 0 fully saturated rings. The Hall–Kier alpha value is -2.02. The third-order valence-corrected chi connectivity index (χ3v) is 5.36. The molecule has 7 heteroatoms. The Balaban J connectivity index is 2.61. The van der Waals surface area contributed by atoms with Crippen LogP contribution < -0.4 is 4.18 Å². The molecular weight excluding hydrogens is 389 g/mol. The minimum atomic E-state index is -5.77. The Labute approximate surface area is 164 Å². The van der Waals surface area contributed by atoms with E-state index in [4.69, 9.17) is 0 Å². The van der Waals surface area contributed by atoms with Crippen LogP contribution in [0.2, 0.25) is 0 Å². The summed E-state index contributed by atoms with van der Waals surface area (Å²) in [4.78, 5) is 0. The van der Waals surface area contributed by atoms with Gasteiger partial charge in [0.25, 0.3) is 0 Å². The van der Waals surface area contributed by atoms with E-state index in [2.05, 4.69) is 4.18 Å². The quantitative estimate of drug-likeness (QED) is 0.445. The molecule has 0 radical (unpaired) electrons. The lowest BCUT2D eigenvalue weighted by molar-refractivity contribution is -0.0499. The van der Waals surface area contributed by atoms with Crippen LogP contribution in [0.3, 0.4) is 0 Å². The minimum absolute atomic E-state index is 0.0897. The van der Waals surface area contributed by atoms with Crippen molar-refractivity contribution in [2.75, 3.05) is 0 Å². The molecule has 3 nitrogen and oxygen atoms in total. The first-order valence-electron chi connectivity index (χ1n) is 8.78. The zero-order chi connectivity index (χ0) is 21.5. The number of rotatable bonds is 3. The number of alkyl halides is 3. The van der Waals surface area contributed by atoms with Crippen molar-refractivity contribution in [2.45, 2.75) is 57.9 Å². The van der Waals surface area contributed by atoms with Gasteiger partial charge in [-0.25, -0.2) is 0 Å². The summed E-state index contributed by atoms with van der Waals surface area (Å²) in [6.45, 7) is 11.8. The van der Waals surface area contributed by atoms with Crippen molar-refractivity contribution in [1.29, 1.82) is 0 Å². The van der Waals surface area contributed by atoms with E-state index in [1.165, 1.54) is 6.07 Å². The van der Waals surface area contributed by atoms with Crippen LogP contribution >= 0.6 is 0 Å². The van der Waals surface area contributed by atoms with Crippen LogP contribution in [0.25, 0.3) is 11.1 Å². The predicted octanol–water partition coefficient (Wildman–Crippen LogP) is 6.18. The molecule has 0 saturated heterocycles. The van der Waals surface area contributed by atoms with Crippen LogP contribution in [-0.4, -0.2) is 13.9 Å². The summed E-state index contributed by atoms with van der Waals surface area (Å²) in [5, 5.41) is 0. The lowest BCUT2D eigenvalue weighted by Crippen LogP contribution is -2.28. The minimum Gasteiger partial charge on any atom is -0.375 e. The molecule has 0 unspecified atom stereocenters. The van der Waals surface area contributed by atoms with Crippen LogP contribution in [0.15, 0.2) is 42.5 Å². The second-order valence-corrected chi connectivity index (χ2v) is 10.3. The topological polar surface area (TPSA) is 43.4 Å². The monoisotopic (exact) mass is 414 g/mol. The number of benzene rings is 2. The van der Waals surface area contributed by atoms with E-state index < -0.39 is 21.0 Å². The highest BCUT2D eigenvalue weighted by atomic mass is 32.2. The standard InChI is InChI=1S/C21H25F3O3S/c1-19(2,3)15-9-7-14(8-10-15)17-12-11-16(20(4,5)6)13-18(17)27-28(25,26)21(22,23)24/h7-13H,1-6H3. The fraction of sp³-hybridized carbons (Fsp3) is 0.429. The maximum Gasteiger partial charge on any atom is 0.534 e. The molecule has 2 rings (SSSR count). The molecule has 0 spiro atoms. The molecule has 154 valence electrons. The first-order valence-corrected chi connectivity index (χ1v) is 10.2. The first-order chi connectivity index (χ1) is 12.5. The molecule has 2 aromatic rings. The molecule has 0 aromatic heterocycles. The lowest BCUT2D eigenvalue weighted by Gasteiger charge is -2.22. The molecule has 0 atom stereocenters. The summed E-state index contributed by atoms with van der Waals surface area (Å²) >= 11 is 0. The maximum absolute atomic E-state index is 12.9. The van der Waals surface area contributed by atoms with Gasteiger partial charge in [-0.1, -0.05) is 77.9 Å². The smallest absolute Gasteiger partial charge is 0.375 e. The fourth-order valence-corrected chi connectivity index (χ4v) is 3.08. The summed E-state index contributed by atoms with van der Waals surface area (Å²) in [7, 11) is -5.77. The van der Waals surface area contributed by atoms with Gasteiger partial charge in [-0.2, -0.15) is 21.6 Å². The van der Waals surface area contributed by atoms with Gasteiger partial charge in [-0.3, -0.25) is 0 Å². The van der Waals surface area contributed by atoms with E-state index in [1.807, 2.05) is 53.7 Å². The summed E-state index contributed by atoms with van der Waals surface area (Å²) in [6, 6.07) is 12.0. The van der Waals surface area contributed by atoms with Gasteiger partial charge in [0.2, 0.25) is 0 Å². The fourth-order valence-electron chi connectivity index (χ4n) is 2.61. The second-order valence-electron chi connectivity index (χ2n) is 8.77. The van der Waals surface area contributed by atoms with E-state index >= 15 is 0 Å². The van der Waals surface area contributed by atoms with E-state index in [1.54, 1.807) is 24.3 Å². The third kappa shape index (κ3) is 4.87. The number of hydrogen-bond acceptors (Lipinski definition) is 3. The normalized spacial score (nSPS) is 13.5. The Morgan fingerprint density at radius 3 is 1.64 bits per heavy atom. The van der Waals surface area contributed by atoms with Crippen molar-refractivity contribution in [2.24, 2.45) is 0 Å². The molecule has 0 aliphatic carbocycles. The third-order valence-electron chi connectivity index (χ3n) is 4.39. The van der Waals surface area contributed by atoms with E-state index in [0.717, 1.165) is 5.56 Å². The molecule has 0 aliphatic heterocycles. The van der Waals surface area contributed by atoms with Crippen LogP contribution in [-0.2, 0) is 20.9 Å². The van der Waals surface area contributed by atoms with Gasteiger partial charge < -0.3 is 4.18 Å². The van der Waals surface area contributed by atoms with Crippen molar-refractivity contribution in [1.82, 2.24) is 0 Å². The molecule has 0 heterocycles.